The molecule has 206 valence electrons. The van der Waals surface area contributed by atoms with Crippen LogP contribution in [0.1, 0.15) is 52.4 Å². The minimum atomic E-state index is -1.02. The van der Waals surface area contributed by atoms with Gasteiger partial charge in [0.05, 0.1) is 32.0 Å². The van der Waals surface area contributed by atoms with Crippen LogP contribution in [-0.4, -0.2) is 68.8 Å². The lowest BCUT2D eigenvalue weighted by atomic mass is 9.68. The predicted molar refractivity (Wildman–Crippen MR) is 146 cm³/mol. The number of pyridine rings is 1. The normalized spacial score (nSPS) is 28.1. The average molecular weight is 535 g/mol. The summed E-state index contributed by atoms with van der Waals surface area (Å²) in [6, 6.07) is 7.02. The van der Waals surface area contributed by atoms with E-state index in [9.17, 15) is 5.11 Å². The Balaban J connectivity index is 1.26. The molecule has 39 heavy (non-hydrogen) atoms. The number of benzene rings is 1. The summed E-state index contributed by atoms with van der Waals surface area (Å²) in [6.45, 7) is 4.23. The molecule has 0 spiro atoms. The molecule has 3 aliphatic rings. The molecule has 10 heteroatoms. The van der Waals surface area contributed by atoms with E-state index in [4.69, 9.17) is 9.47 Å². The minimum Gasteiger partial charge on any atom is -0.507 e. The molecule has 2 saturated heterocycles. The Morgan fingerprint density at radius 1 is 1.03 bits per heavy atom. The van der Waals surface area contributed by atoms with Crippen molar-refractivity contribution in [2.45, 2.75) is 81.7 Å². The van der Waals surface area contributed by atoms with Crippen molar-refractivity contribution in [2.24, 2.45) is 0 Å². The van der Waals surface area contributed by atoms with Gasteiger partial charge < -0.3 is 24.8 Å². The third kappa shape index (κ3) is 4.64. The predicted octanol–water partition coefficient (Wildman–Crippen LogP) is 4.69. The van der Waals surface area contributed by atoms with Crippen molar-refractivity contribution in [1.82, 2.24) is 25.5 Å². The van der Waals surface area contributed by atoms with Gasteiger partial charge in [0, 0.05) is 28.9 Å². The minimum absolute atomic E-state index is 0.0201. The monoisotopic (exact) mass is 534 g/mol. The molecule has 9 nitrogen and oxygen atoms in total. The molecule has 2 N–H and O–H groups in total. The first-order valence-electron chi connectivity index (χ1n) is 13.6. The fourth-order valence-electron chi connectivity index (χ4n) is 6.53. The smallest absolute Gasteiger partial charge is 0.256 e. The Morgan fingerprint density at radius 3 is 2.51 bits per heavy atom. The lowest BCUT2D eigenvalue weighted by Gasteiger charge is -2.57. The maximum Gasteiger partial charge on any atom is 0.256 e. The van der Waals surface area contributed by atoms with Crippen molar-refractivity contribution >= 4 is 5.82 Å². The second kappa shape index (κ2) is 9.59. The van der Waals surface area contributed by atoms with Crippen molar-refractivity contribution < 1.29 is 19.0 Å². The summed E-state index contributed by atoms with van der Waals surface area (Å²) in [4.78, 5) is 11.0. The van der Waals surface area contributed by atoms with Gasteiger partial charge >= 0.3 is 0 Å². The molecule has 0 amide bonds. The number of fused-ring (bicyclic) bond motifs is 2. The number of aromatic hydroxyl groups is 1. The molecule has 0 radical (unpaired) electrons. The van der Waals surface area contributed by atoms with E-state index in [0.29, 0.717) is 28.8 Å². The Labute approximate surface area is 227 Å². The standard InChI is InChI=1S/C29H35FN6O3/c1-28-10-5-11-29(2,35-28)25(30)21(14-28)36(19-7-8-19)24-16-31-26(34-33-24)20-9-6-17(12-22(20)37)18-13-23(38-3)27(39-4)32-15-18/h6,9,12-13,15-16,19,21,25,35,37H,5,7-8,10-11,14H2,1-4H3/t21-,25-,28-,29+/m1/s1. The molecular weight excluding hydrogens is 499 g/mol. The number of hydrogen-bond donors (Lipinski definition) is 2. The molecule has 6 rings (SSSR count). The molecule has 2 aliphatic heterocycles. The van der Waals surface area contributed by atoms with Crippen LogP contribution in [0.25, 0.3) is 22.5 Å². The van der Waals surface area contributed by atoms with Crippen molar-refractivity contribution in [3.05, 3.63) is 36.7 Å². The highest BCUT2D eigenvalue weighted by atomic mass is 19.1. The topological polar surface area (TPSA) is 106 Å². The van der Waals surface area contributed by atoms with Crippen LogP contribution in [0.3, 0.4) is 0 Å². The summed E-state index contributed by atoms with van der Waals surface area (Å²) in [5, 5.41) is 23.3. The number of anilines is 1. The Morgan fingerprint density at radius 2 is 1.85 bits per heavy atom. The van der Waals surface area contributed by atoms with Gasteiger partial charge in [-0.15, -0.1) is 10.2 Å². The highest BCUT2D eigenvalue weighted by molar-refractivity contribution is 5.73. The van der Waals surface area contributed by atoms with Crippen LogP contribution in [0.5, 0.6) is 17.4 Å². The van der Waals surface area contributed by atoms with E-state index >= 15 is 4.39 Å². The summed E-state index contributed by atoms with van der Waals surface area (Å²) in [7, 11) is 3.08. The number of nitrogens with one attached hydrogen (secondary N) is 1. The number of phenolic OH excluding ortho intramolecular Hbond substituents is 1. The number of hydrogen-bond acceptors (Lipinski definition) is 9. The van der Waals surface area contributed by atoms with Crippen LogP contribution in [0.4, 0.5) is 10.2 Å². The van der Waals surface area contributed by atoms with E-state index in [1.54, 1.807) is 37.7 Å². The van der Waals surface area contributed by atoms with Crippen molar-refractivity contribution in [1.29, 1.82) is 0 Å². The summed E-state index contributed by atoms with van der Waals surface area (Å²) >= 11 is 0. The van der Waals surface area contributed by atoms with E-state index in [0.717, 1.165) is 49.7 Å². The van der Waals surface area contributed by atoms with Gasteiger partial charge in [-0.3, -0.25) is 0 Å². The highest BCUT2D eigenvalue weighted by Crippen LogP contribution is 2.46. The van der Waals surface area contributed by atoms with E-state index in [1.807, 2.05) is 13.0 Å². The highest BCUT2D eigenvalue weighted by Gasteiger charge is 2.55. The fraction of sp³-hybridized carbons (Fsp3) is 0.517. The van der Waals surface area contributed by atoms with E-state index in [2.05, 4.69) is 37.3 Å². The van der Waals surface area contributed by atoms with Crippen LogP contribution < -0.4 is 19.7 Å². The van der Waals surface area contributed by atoms with Crippen molar-refractivity contribution in [3.8, 4) is 39.9 Å². The van der Waals surface area contributed by atoms with E-state index in [1.165, 1.54) is 7.11 Å². The van der Waals surface area contributed by atoms with Gasteiger partial charge in [0.25, 0.3) is 5.88 Å². The number of phenols is 1. The first-order chi connectivity index (χ1) is 18.7. The van der Waals surface area contributed by atoms with Gasteiger partial charge in [-0.25, -0.2) is 14.4 Å². The first-order valence-corrected chi connectivity index (χ1v) is 13.6. The lowest BCUT2D eigenvalue weighted by Crippen LogP contribution is -2.73. The fourth-order valence-corrected chi connectivity index (χ4v) is 6.53. The van der Waals surface area contributed by atoms with E-state index in [-0.39, 0.29) is 23.4 Å². The number of aromatic nitrogens is 4. The van der Waals surface area contributed by atoms with Crippen LogP contribution in [0.15, 0.2) is 36.7 Å². The third-order valence-corrected chi connectivity index (χ3v) is 8.53. The van der Waals surface area contributed by atoms with E-state index < -0.39 is 11.7 Å². The number of alkyl halides is 1. The zero-order valence-electron chi connectivity index (χ0n) is 22.8. The Bertz CT molecular complexity index is 1370. The van der Waals surface area contributed by atoms with Gasteiger partial charge in [0.2, 0.25) is 0 Å². The van der Waals surface area contributed by atoms with Crippen molar-refractivity contribution in [2.75, 3.05) is 19.1 Å². The summed E-state index contributed by atoms with van der Waals surface area (Å²) in [5.41, 5.74) is 1.34. The number of methoxy groups -OCH3 is 2. The molecule has 3 fully saturated rings. The Hall–Kier alpha value is -3.53. The molecule has 2 bridgehead atoms. The molecule has 3 aromatic rings. The second-order valence-corrected chi connectivity index (χ2v) is 11.6. The Kier molecular flexibility index (Phi) is 6.32. The second-order valence-electron chi connectivity index (χ2n) is 11.6. The van der Waals surface area contributed by atoms with Gasteiger partial charge in [0.1, 0.15) is 11.9 Å². The molecule has 1 saturated carbocycles. The SMILES string of the molecule is COc1cc(-c2ccc(-c3ncc(N(C4CC4)[C@@H]4C[C@@]5(C)CCC[C@](C)(N5)[C@@H]4F)nn3)c(O)c2)cnc1OC. The third-order valence-electron chi connectivity index (χ3n) is 8.53. The largest absolute Gasteiger partial charge is 0.507 e. The van der Waals surface area contributed by atoms with Crippen LogP contribution in [-0.2, 0) is 0 Å². The number of ether oxygens (including phenoxy) is 2. The first kappa shape index (κ1) is 25.7. The summed E-state index contributed by atoms with van der Waals surface area (Å²) in [5.74, 6) is 1.80. The number of piperidine rings is 2. The summed E-state index contributed by atoms with van der Waals surface area (Å²) in [6.07, 6.45) is 7.97. The van der Waals surface area contributed by atoms with Crippen LogP contribution in [0, 0.1) is 0 Å². The van der Waals surface area contributed by atoms with Crippen molar-refractivity contribution in [3.63, 3.8) is 0 Å². The molecule has 4 heterocycles. The van der Waals surface area contributed by atoms with Crippen LogP contribution >= 0.6 is 0 Å². The number of halogens is 1. The molecule has 4 atom stereocenters. The quantitative estimate of drug-likeness (QED) is 0.446. The zero-order chi connectivity index (χ0) is 27.4. The van der Waals surface area contributed by atoms with Gasteiger partial charge in [-0.05, 0) is 76.1 Å². The van der Waals surface area contributed by atoms with Gasteiger partial charge in [0.15, 0.2) is 17.4 Å². The number of rotatable bonds is 7. The number of nitrogens with zero attached hydrogens (tertiary/aromatic N) is 5. The maximum atomic E-state index is 16.0. The van der Waals surface area contributed by atoms with Gasteiger partial charge in [-0.1, -0.05) is 6.07 Å². The molecule has 1 aromatic carbocycles. The molecule has 0 unspecified atom stereocenters. The summed E-state index contributed by atoms with van der Waals surface area (Å²) < 4.78 is 26.6. The maximum absolute atomic E-state index is 16.0. The lowest BCUT2D eigenvalue weighted by molar-refractivity contribution is 0.000258. The molecular formula is C29H35FN6O3. The average Bonchev–Trinajstić information content (AvgIpc) is 3.77. The van der Waals surface area contributed by atoms with Crippen LogP contribution in [0.2, 0.25) is 0 Å². The molecule has 1 aliphatic carbocycles. The van der Waals surface area contributed by atoms with Gasteiger partial charge in [-0.2, -0.15) is 0 Å². The zero-order valence-corrected chi connectivity index (χ0v) is 22.8. The molecule has 2 aromatic heterocycles.